The summed E-state index contributed by atoms with van der Waals surface area (Å²) < 4.78 is 18.9. The molecule has 0 aromatic heterocycles. The highest BCUT2D eigenvalue weighted by atomic mass is 16.7. The van der Waals surface area contributed by atoms with E-state index in [1.54, 1.807) is 0 Å². The minimum atomic E-state index is -1.15. The quantitative estimate of drug-likeness (QED) is 0.372. The number of esters is 4. The smallest absolute Gasteiger partial charge is 0.336 e. The molecule has 24 heavy (non-hydrogen) atoms. The van der Waals surface area contributed by atoms with E-state index >= 15 is 0 Å². The van der Waals surface area contributed by atoms with Crippen LogP contribution in [0.15, 0.2) is 36.5 Å². The average molecular weight is 340 g/mol. The molecule has 2 atom stereocenters. The molecular formula is C16H20O8. The minimum Gasteiger partial charge on any atom is -0.422 e. The molecule has 0 aromatic carbocycles. The summed E-state index contributed by atoms with van der Waals surface area (Å²) in [6.07, 6.45) is -0.753. The molecule has 0 saturated carbocycles. The Morgan fingerprint density at radius 2 is 1.00 bits per heavy atom. The van der Waals surface area contributed by atoms with E-state index in [0.717, 1.165) is 12.2 Å². The molecule has 0 aliphatic carbocycles. The first-order valence-corrected chi connectivity index (χ1v) is 6.85. The minimum absolute atomic E-state index is 0.148. The van der Waals surface area contributed by atoms with Crippen molar-refractivity contribution in [3.8, 4) is 0 Å². The van der Waals surface area contributed by atoms with Crippen LogP contribution in [0.5, 0.6) is 0 Å². The largest absolute Gasteiger partial charge is 0.422 e. The SMILES string of the molecule is C=C(C)C(=O)OC(C)OC(=O)/C=C\C(=O)OC(C)OC(=O)C(=C)C. The Hall–Kier alpha value is -2.90. The van der Waals surface area contributed by atoms with E-state index in [4.69, 9.17) is 18.9 Å². The molecule has 132 valence electrons. The number of hydrogen-bond acceptors (Lipinski definition) is 8. The van der Waals surface area contributed by atoms with Crippen LogP contribution in [0.3, 0.4) is 0 Å². The highest BCUT2D eigenvalue weighted by molar-refractivity contribution is 5.92. The second kappa shape index (κ2) is 9.98. The van der Waals surface area contributed by atoms with E-state index in [1.807, 2.05) is 0 Å². The molecule has 0 spiro atoms. The summed E-state index contributed by atoms with van der Waals surface area (Å²) in [6.45, 7) is 12.3. The fourth-order valence-corrected chi connectivity index (χ4v) is 1.09. The first-order chi connectivity index (χ1) is 11.0. The van der Waals surface area contributed by atoms with Crippen molar-refractivity contribution >= 4 is 23.9 Å². The van der Waals surface area contributed by atoms with Crippen molar-refractivity contribution in [1.82, 2.24) is 0 Å². The van der Waals surface area contributed by atoms with Gasteiger partial charge in [-0.15, -0.1) is 0 Å². The number of carbonyl (C=O) groups excluding carboxylic acids is 4. The molecule has 2 unspecified atom stereocenters. The van der Waals surface area contributed by atoms with Gasteiger partial charge in [0.2, 0.25) is 12.6 Å². The molecule has 0 bridgehead atoms. The summed E-state index contributed by atoms with van der Waals surface area (Å²) in [6, 6.07) is 0. The number of carbonyl (C=O) groups is 4. The summed E-state index contributed by atoms with van der Waals surface area (Å²) in [5.41, 5.74) is 0.297. The van der Waals surface area contributed by atoms with Gasteiger partial charge in [0.25, 0.3) is 0 Å². The van der Waals surface area contributed by atoms with Gasteiger partial charge in [0.15, 0.2) is 0 Å². The van der Waals surface area contributed by atoms with Crippen molar-refractivity contribution in [2.45, 2.75) is 40.3 Å². The monoisotopic (exact) mass is 340 g/mol. The van der Waals surface area contributed by atoms with Gasteiger partial charge in [-0.2, -0.15) is 0 Å². The molecule has 0 saturated heterocycles. The Balaban J connectivity index is 4.32. The van der Waals surface area contributed by atoms with Gasteiger partial charge >= 0.3 is 23.9 Å². The van der Waals surface area contributed by atoms with E-state index in [1.165, 1.54) is 27.7 Å². The van der Waals surface area contributed by atoms with Crippen molar-refractivity contribution in [2.24, 2.45) is 0 Å². The van der Waals surface area contributed by atoms with Crippen molar-refractivity contribution < 1.29 is 38.1 Å². The van der Waals surface area contributed by atoms with E-state index in [9.17, 15) is 19.2 Å². The Bertz CT molecular complexity index is 523. The topological polar surface area (TPSA) is 105 Å². The van der Waals surface area contributed by atoms with E-state index < -0.39 is 36.5 Å². The first kappa shape index (κ1) is 21.1. The zero-order valence-electron chi connectivity index (χ0n) is 14.0. The number of ether oxygens (including phenoxy) is 4. The predicted molar refractivity (Wildman–Crippen MR) is 82.1 cm³/mol. The fourth-order valence-electron chi connectivity index (χ4n) is 1.09. The number of rotatable bonds is 8. The van der Waals surface area contributed by atoms with Gasteiger partial charge in [-0.25, -0.2) is 19.2 Å². The molecule has 0 aliphatic rings. The van der Waals surface area contributed by atoms with Gasteiger partial charge < -0.3 is 18.9 Å². The van der Waals surface area contributed by atoms with Crippen LogP contribution in [0.4, 0.5) is 0 Å². The molecule has 8 nitrogen and oxygen atoms in total. The summed E-state index contributed by atoms with van der Waals surface area (Å²) in [5, 5.41) is 0. The lowest BCUT2D eigenvalue weighted by Gasteiger charge is -2.13. The molecule has 0 radical (unpaired) electrons. The third-order valence-electron chi connectivity index (χ3n) is 2.16. The van der Waals surface area contributed by atoms with Gasteiger partial charge in [-0.05, 0) is 13.8 Å². The summed E-state index contributed by atoms with van der Waals surface area (Å²) in [7, 11) is 0. The zero-order valence-corrected chi connectivity index (χ0v) is 14.0. The Morgan fingerprint density at radius 1 is 0.708 bits per heavy atom. The van der Waals surface area contributed by atoms with E-state index in [0.29, 0.717) is 0 Å². The van der Waals surface area contributed by atoms with Crippen LogP contribution in [-0.2, 0) is 38.1 Å². The lowest BCUT2D eigenvalue weighted by molar-refractivity contribution is -0.181. The Morgan fingerprint density at radius 3 is 1.25 bits per heavy atom. The Kier molecular flexibility index (Phi) is 8.78. The van der Waals surface area contributed by atoms with Crippen LogP contribution in [0, 0.1) is 0 Å². The van der Waals surface area contributed by atoms with Crippen LogP contribution in [0.25, 0.3) is 0 Å². The van der Waals surface area contributed by atoms with Gasteiger partial charge in [0, 0.05) is 37.1 Å². The zero-order chi connectivity index (χ0) is 18.9. The average Bonchev–Trinajstić information content (AvgIpc) is 2.44. The van der Waals surface area contributed by atoms with Crippen LogP contribution >= 0.6 is 0 Å². The lowest BCUT2D eigenvalue weighted by Crippen LogP contribution is -2.22. The van der Waals surface area contributed by atoms with Crippen LogP contribution in [-0.4, -0.2) is 36.5 Å². The van der Waals surface area contributed by atoms with Crippen LogP contribution < -0.4 is 0 Å². The molecule has 0 aromatic rings. The maximum Gasteiger partial charge on any atom is 0.336 e. The van der Waals surface area contributed by atoms with Gasteiger partial charge in [-0.1, -0.05) is 13.2 Å². The third-order valence-corrected chi connectivity index (χ3v) is 2.16. The van der Waals surface area contributed by atoms with Gasteiger partial charge in [-0.3, -0.25) is 0 Å². The molecule has 0 N–H and O–H groups in total. The Labute approximate surface area is 139 Å². The second-order valence-corrected chi connectivity index (χ2v) is 4.71. The van der Waals surface area contributed by atoms with Crippen molar-refractivity contribution in [1.29, 1.82) is 0 Å². The summed E-state index contributed by atoms with van der Waals surface area (Å²) in [4.78, 5) is 45.3. The van der Waals surface area contributed by atoms with Crippen LogP contribution in [0.1, 0.15) is 27.7 Å². The molecule has 0 heterocycles. The normalized spacial score (nSPS) is 12.7. The first-order valence-electron chi connectivity index (χ1n) is 6.85. The number of hydrogen-bond donors (Lipinski definition) is 0. The van der Waals surface area contributed by atoms with Gasteiger partial charge in [0.1, 0.15) is 0 Å². The summed E-state index contributed by atoms with van der Waals surface area (Å²) >= 11 is 0. The molecule has 0 aliphatic heterocycles. The van der Waals surface area contributed by atoms with Crippen LogP contribution in [0.2, 0.25) is 0 Å². The van der Waals surface area contributed by atoms with Crippen molar-refractivity contribution in [3.05, 3.63) is 36.5 Å². The molecule has 0 amide bonds. The standard InChI is InChI=1S/C16H20O8/c1-9(2)15(19)23-11(5)21-13(17)7-8-14(18)22-12(6)24-16(20)10(3)4/h7-8,11-12H,1,3H2,2,4-6H3/b8-7-. The summed E-state index contributed by atoms with van der Waals surface area (Å²) in [5.74, 6) is -3.29. The van der Waals surface area contributed by atoms with Gasteiger partial charge in [0.05, 0.1) is 0 Å². The van der Waals surface area contributed by atoms with Crippen molar-refractivity contribution in [2.75, 3.05) is 0 Å². The van der Waals surface area contributed by atoms with E-state index in [-0.39, 0.29) is 11.1 Å². The third kappa shape index (κ3) is 9.19. The maximum absolute atomic E-state index is 11.4. The highest BCUT2D eigenvalue weighted by Crippen LogP contribution is 2.02. The predicted octanol–water partition coefficient (Wildman–Crippen LogP) is 1.56. The molecule has 8 heteroatoms. The maximum atomic E-state index is 11.4. The molecule has 0 rings (SSSR count). The van der Waals surface area contributed by atoms with E-state index in [2.05, 4.69) is 13.2 Å². The second-order valence-electron chi connectivity index (χ2n) is 4.71. The fraction of sp³-hybridized carbons (Fsp3) is 0.375. The molecular weight excluding hydrogens is 320 g/mol. The lowest BCUT2D eigenvalue weighted by atomic mass is 10.4. The highest BCUT2D eigenvalue weighted by Gasteiger charge is 2.15. The van der Waals surface area contributed by atoms with Crippen molar-refractivity contribution in [3.63, 3.8) is 0 Å². The molecule has 0 fully saturated rings.